The Balaban J connectivity index is 2.53. The fourth-order valence-electron chi connectivity index (χ4n) is 1.67. The van der Waals surface area contributed by atoms with E-state index in [1.165, 1.54) is 12.1 Å². The first-order chi connectivity index (χ1) is 8.11. The van der Waals surface area contributed by atoms with Crippen molar-refractivity contribution in [2.24, 2.45) is 0 Å². The van der Waals surface area contributed by atoms with Crippen molar-refractivity contribution in [1.29, 1.82) is 0 Å². The molecule has 1 unspecified atom stereocenters. The van der Waals surface area contributed by atoms with Gasteiger partial charge in [-0.25, -0.2) is 9.07 Å². The molecule has 0 bridgehead atoms. The van der Waals surface area contributed by atoms with Gasteiger partial charge < -0.3 is 5.32 Å². The molecule has 2 aromatic rings. The zero-order chi connectivity index (χ0) is 12.4. The lowest BCUT2D eigenvalue weighted by Crippen LogP contribution is -2.15. The van der Waals surface area contributed by atoms with Gasteiger partial charge in [0.2, 0.25) is 0 Å². The van der Waals surface area contributed by atoms with E-state index in [4.69, 9.17) is 11.6 Å². The lowest BCUT2D eigenvalue weighted by atomic mass is 10.1. The molecule has 0 aliphatic carbocycles. The van der Waals surface area contributed by atoms with E-state index in [0.717, 1.165) is 11.3 Å². The van der Waals surface area contributed by atoms with Gasteiger partial charge in [0.1, 0.15) is 5.82 Å². The SMILES string of the molecule is CNC(C)c1cc(F)ccc1-n1cc(Cl)cn1. The Morgan fingerprint density at radius 1 is 1.47 bits per heavy atom. The predicted octanol–water partition coefficient (Wildman–Crippen LogP) is 2.95. The van der Waals surface area contributed by atoms with Crippen molar-refractivity contribution in [3.8, 4) is 5.69 Å². The van der Waals surface area contributed by atoms with Crippen molar-refractivity contribution in [2.45, 2.75) is 13.0 Å². The number of hydrogen-bond acceptors (Lipinski definition) is 2. The molecule has 0 aliphatic heterocycles. The van der Waals surface area contributed by atoms with E-state index in [2.05, 4.69) is 10.4 Å². The first-order valence-corrected chi connectivity index (χ1v) is 5.67. The molecule has 2 rings (SSSR count). The predicted molar refractivity (Wildman–Crippen MR) is 66.0 cm³/mol. The highest BCUT2D eigenvalue weighted by atomic mass is 35.5. The van der Waals surface area contributed by atoms with Crippen LogP contribution in [-0.4, -0.2) is 16.8 Å². The van der Waals surface area contributed by atoms with E-state index >= 15 is 0 Å². The largest absolute Gasteiger partial charge is 0.313 e. The maximum Gasteiger partial charge on any atom is 0.123 e. The molecule has 17 heavy (non-hydrogen) atoms. The van der Waals surface area contributed by atoms with Gasteiger partial charge in [0.15, 0.2) is 0 Å². The molecular formula is C12H13ClFN3. The summed E-state index contributed by atoms with van der Waals surface area (Å²) in [4.78, 5) is 0. The van der Waals surface area contributed by atoms with E-state index in [0.29, 0.717) is 5.02 Å². The zero-order valence-corrected chi connectivity index (χ0v) is 10.4. The lowest BCUT2D eigenvalue weighted by molar-refractivity contribution is 0.604. The Bertz CT molecular complexity index is 524. The Hall–Kier alpha value is -1.39. The molecule has 0 amide bonds. The molecule has 0 aliphatic rings. The van der Waals surface area contributed by atoms with Gasteiger partial charge >= 0.3 is 0 Å². The minimum Gasteiger partial charge on any atom is -0.313 e. The second-order valence-electron chi connectivity index (χ2n) is 3.82. The minimum atomic E-state index is -0.260. The summed E-state index contributed by atoms with van der Waals surface area (Å²) in [6.07, 6.45) is 3.25. The molecule has 0 fully saturated rings. The van der Waals surface area contributed by atoms with Crippen molar-refractivity contribution < 1.29 is 4.39 Å². The van der Waals surface area contributed by atoms with Crippen molar-refractivity contribution in [3.63, 3.8) is 0 Å². The minimum absolute atomic E-state index is 0.0312. The Kier molecular flexibility index (Phi) is 3.45. The van der Waals surface area contributed by atoms with E-state index < -0.39 is 0 Å². The molecule has 5 heteroatoms. The highest BCUT2D eigenvalue weighted by Gasteiger charge is 2.12. The summed E-state index contributed by atoms with van der Waals surface area (Å²) in [5, 5.41) is 7.77. The van der Waals surface area contributed by atoms with Gasteiger partial charge in [0.05, 0.1) is 16.9 Å². The van der Waals surface area contributed by atoms with Crippen molar-refractivity contribution >= 4 is 11.6 Å². The third-order valence-corrected chi connectivity index (χ3v) is 2.88. The van der Waals surface area contributed by atoms with Gasteiger partial charge in [-0.1, -0.05) is 11.6 Å². The normalized spacial score (nSPS) is 12.7. The summed E-state index contributed by atoms with van der Waals surface area (Å²) in [5.74, 6) is -0.260. The number of benzene rings is 1. The summed E-state index contributed by atoms with van der Waals surface area (Å²) >= 11 is 5.83. The van der Waals surface area contributed by atoms with Crippen LogP contribution in [0.5, 0.6) is 0 Å². The van der Waals surface area contributed by atoms with Crippen LogP contribution in [-0.2, 0) is 0 Å². The number of hydrogen-bond donors (Lipinski definition) is 1. The topological polar surface area (TPSA) is 29.9 Å². The molecule has 0 saturated heterocycles. The van der Waals surface area contributed by atoms with Crippen LogP contribution in [0.4, 0.5) is 4.39 Å². The average molecular weight is 254 g/mol. The molecule has 0 radical (unpaired) electrons. The highest BCUT2D eigenvalue weighted by molar-refractivity contribution is 6.30. The van der Waals surface area contributed by atoms with Crippen LogP contribution in [0.15, 0.2) is 30.6 Å². The number of rotatable bonds is 3. The summed E-state index contributed by atoms with van der Waals surface area (Å²) in [5.41, 5.74) is 1.66. The Morgan fingerprint density at radius 2 is 2.24 bits per heavy atom. The van der Waals surface area contributed by atoms with Gasteiger partial charge in [-0.05, 0) is 37.7 Å². The van der Waals surface area contributed by atoms with Crippen LogP contribution in [0.25, 0.3) is 5.69 Å². The number of nitrogens with zero attached hydrogens (tertiary/aromatic N) is 2. The molecule has 0 saturated carbocycles. The molecule has 1 N–H and O–H groups in total. The van der Waals surface area contributed by atoms with Crippen LogP contribution in [0.3, 0.4) is 0 Å². The molecule has 1 aromatic carbocycles. The smallest absolute Gasteiger partial charge is 0.123 e. The number of nitrogens with one attached hydrogen (secondary N) is 1. The number of aromatic nitrogens is 2. The van der Waals surface area contributed by atoms with Crippen LogP contribution >= 0.6 is 11.6 Å². The third kappa shape index (κ3) is 2.48. The molecule has 1 aromatic heterocycles. The van der Waals surface area contributed by atoms with Crippen molar-refractivity contribution in [3.05, 3.63) is 47.0 Å². The molecule has 3 nitrogen and oxygen atoms in total. The summed E-state index contributed by atoms with van der Waals surface area (Å²) in [7, 11) is 1.83. The summed E-state index contributed by atoms with van der Waals surface area (Å²) in [6, 6.07) is 4.65. The monoisotopic (exact) mass is 253 g/mol. The molecule has 90 valence electrons. The van der Waals surface area contributed by atoms with Crippen LogP contribution in [0.1, 0.15) is 18.5 Å². The fraction of sp³-hybridized carbons (Fsp3) is 0.250. The molecule has 0 spiro atoms. The van der Waals surface area contributed by atoms with Gasteiger partial charge in [0, 0.05) is 12.2 Å². The lowest BCUT2D eigenvalue weighted by Gasteiger charge is -2.15. The van der Waals surface area contributed by atoms with Gasteiger partial charge in [0.25, 0.3) is 0 Å². The van der Waals surface area contributed by atoms with Crippen LogP contribution < -0.4 is 5.32 Å². The number of halogens is 2. The van der Waals surface area contributed by atoms with E-state index in [1.807, 2.05) is 14.0 Å². The van der Waals surface area contributed by atoms with Gasteiger partial charge in [-0.2, -0.15) is 5.10 Å². The highest BCUT2D eigenvalue weighted by Crippen LogP contribution is 2.23. The fourth-order valence-corrected chi connectivity index (χ4v) is 1.81. The second kappa shape index (κ2) is 4.85. The maximum atomic E-state index is 13.3. The maximum absolute atomic E-state index is 13.3. The molecule has 1 atom stereocenters. The second-order valence-corrected chi connectivity index (χ2v) is 4.25. The standard InChI is InChI=1S/C12H13ClFN3/c1-8(15-2)11-5-10(14)3-4-12(11)17-7-9(13)6-16-17/h3-8,15H,1-2H3. The molecular weight excluding hydrogens is 241 g/mol. The van der Waals surface area contributed by atoms with Gasteiger partial charge in [-0.3, -0.25) is 0 Å². The third-order valence-electron chi connectivity index (χ3n) is 2.69. The summed E-state index contributed by atoms with van der Waals surface area (Å²) in [6.45, 7) is 1.96. The quantitative estimate of drug-likeness (QED) is 0.912. The van der Waals surface area contributed by atoms with Crippen molar-refractivity contribution in [2.75, 3.05) is 7.05 Å². The Morgan fingerprint density at radius 3 is 2.82 bits per heavy atom. The first kappa shape index (κ1) is 12.1. The van der Waals surface area contributed by atoms with E-state index in [-0.39, 0.29) is 11.9 Å². The van der Waals surface area contributed by atoms with Gasteiger partial charge in [-0.15, -0.1) is 0 Å². The average Bonchev–Trinajstić information content (AvgIpc) is 2.74. The Labute approximate surface area is 104 Å². The van der Waals surface area contributed by atoms with E-state index in [9.17, 15) is 4.39 Å². The van der Waals surface area contributed by atoms with Crippen LogP contribution in [0, 0.1) is 5.82 Å². The zero-order valence-electron chi connectivity index (χ0n) is 9.61. The van der Waals surface area contributed by atoms with Crippen molar-refractivity contribution in [1.82, 2.24) is 15.1 Å². The summed E-state index contributed by atoms with van der Waals surface area (Å²) < 4.78 is 14.9. The van der Waals surface area contributed by atoms with E-state index in [1.54, 1.807) is 23.1 Å². The van der Waals surface area contributed by atoms with Crippen LogP contribution in [0.2, 0.25) is 5.02 Å². The first-order valence-electron chi connectivity index (χ1n) is 5.29. The molecule has 1 heterocycles.